The van der Waals surface area contributed by atoms with Gasteiger partial charge in [-0.05, 0) is 64.8 Å². The standard InChI is InChI=1S/C30H37IN2O8/c1-39-26-13-20(18-35)12-23(31)29(26)41-25-16-21(30(38)32-9-10-34)15-24(28(25)37)33(17-22-8-5-11-40-22)27(36)14-19-6-3-2-4-7-19/h2-4,6-7,12-13,16,22,24-25,28,34-35,37H,5,8-11,14-15,17-18H2,1H3,(H,32,38)/t22-,24+,25-,28-/m0/s1. The van der Waals surface area contributed by atoms with Crippen molar-refractivity contribution in [1.29, 1.82) is 0 Å². The number of benzene rings is 2. The third-order valence-electron chi connectivity index (χ3n) is 7.28. The van der Waals surface area contributed by atoms with E-state index in [1.807, 2.05) is 30.3 Å². The minimum atomic E-state index is -1.18. The van der Waals surface area contributed by atoms with Gasteiger partial charge in [-0.2, -0.15) is 0 Å². The van der Waals surface area contributed by atoms with E-state index in [0.29, 0.717) is 32.8 Å². The van der Waals surface area contributed by atoms with Crippen molar-refractivity contribution in [2.24, 2.45) is 0 Å². The van der Waals surface area contributed by atoms with Crippen LogP contribution in [0.1, 0.15) is 30.4 Å². The monoisotopic (exact) mass is 680 g/mol. The topological polar surface area (TPSA) is 138 Å². The lowest BCUT2D eigenvalue weighted by Crippen LogP contribution is -2.57. The molecule has 1 saturated heterocycles. The van der Waals surface area contributed by atoms with Crippen LogP contribution < -0.4 is 14.8 Å². The highest BCUT2D eigenvalue weighted by molar-refractivity contribution is 14.1. The lowest BCUT2D eigenvalue weighted by atomic mass is 9.87. The van der Waals surface area contributed by atoms with Gasteiger partial charge in [0.15, 0.2) is 11.5 Å². The maximum absolute atomic E-state index is 13.8. The van der Waals surface area contributed by atoms with E-state index in [1.165, 1.54) is 7.11 Å². The third kappa shape index (κ3) is 7.98. The number of ether oxygens (including phenoxy) is 3. The molecule has 0 radical (unpaired) electrons. The van der Waals surface area contributed by atoms with Crippen LogP contribution in [0.3, 0.4) is 0 Å². The van der Waals surface area contributed by atoms with Crippen LogP contribution in [-0.2, 0) is 27.4 Å². The van der Waals surface area contributed by atoms with Crippen molar-refractivity contribution >= 4 is 34.4 Å². The van der Waals surface area contributed by atoms with Gasteiger partial charge in [0.25, 0.3) is 0 Å². The fourth-order valence-corrected chi connectivity index (χ4v) is 5.99. The highest BCUT2D eigenvalue weighted by atomic mass is 127. The average molecular weight is 681 g/mol. The molecule has 1 aliphatic heterocycles. The number of nitrogens with zero attached hydrogens (tertiary/aromatic N) is 1. The van der Waals surface area contributed by atoms with Crippen molar-refractivity contribution in [2.45, 2.75) is 56.6 Å². The number of hydrogen-bond donors (Lipinski definition) is 4. The minimum Gasteiger partial charge on any atom is -0.493 e. The molecule has 1 fully saturated rings. The van der Waals surface area contributed by atoms with E-state index >= 15 is 0 Å². The van der Waals surface area contributed by atoms with Gasteiger partial charge in [-0.1, -0.05) is 30.3 Å². The average Bonchev–Trinajstić information content (AvgIpc) is 3.50. The second-order valence-corrected chi connectivity index (χ2v) is 11.3. The summed E-state index contributed by atoms with van der Waals surface area (Å²) in [6.45, 7) is 0.546. The molecule has 4 N–H and O–H groups in total. The maximum Gasteiger partial charge on any atom is 0.247 e. The zero-order valence-electron chi connectivity index (χ0n) is 23.0. The molecule has 2 aliphatic rings. The molecule has 2 aromatic carbocycles. The van der Waals surface area contributed by atoms with E-state index in [0.717, 1.165) is 18.4 Å². The molecule has 4 atom stereocenters. The Kier molecular flexibility index (Phi) is 11.4. The number of carbonyl (C=O) groups is 2. The van der Waals surface area contributed by atoms with Gasteiger partial charge in [0.1, 0.15) is 12.2 Å². The second kappa shape index (κ2) is 15.0. The Morgan fingerprint density at radius 1 is 1.17 bits per heavy atom. The van der Waals surface area contributed by atoms with E-state index < -0.39 is 24.2 Å². The molecule has 1 heterocycles. The predicted octanol–water partition coefficient (Wildman–Crippen LogP) is 1.96. The number of hydrogen-bond acceptors (Lipinski definition) is 8. The normalized spacial score (nSPS) is 22.1. The summed E-state index contributed by atoms with van der Waals surface area (Å²) in [6.07, 6.45) is 1.13. The Balaban J connectivity index is 1.69. The van der Waals surface area contributed by atoms with Gasteiger partial charge >= 0.3 is 0 Å². The Labute approximate surface area is 253 Å². The molecule has 1 aliphatic carbocycles. The molecule has 0 saturated carbocycles. The quantitative estimate of drug-likeness (QED) is 0.250. The lowest BCUT2D eigenvalue weighted by molar-refractivity contribution is -0.140. The fraction of sp³-hybridized carbons (Fsp3) is 0.467. The predicted molar refractivity (Wildman–Crippen MR) is 159 cm³/mol. The number of methoxy groups -OCH3 is 1. The summed E-state index contributed by atoms with van der Waals surface area (Å²) in [5.41, 5.74) is 1.81. The highest BCUT2D eigenvalue weighted by Gasteiger charge is 2.42. The molecule has 10 nitrogen and oxygen atoms in total. The second-order valence-electron chi connectivity index (χ2n) is 10.1. The van der Waals surface area contributed by atoms with Gasteiger partial charge in [-0.25, -0.2) is 0 Å². The van der Waals surface area contributed by atoms with Crippen LogP contribution in [0.4, 0.5) is 0 Å². The van der Waals surface area contributed by atoms with Crippen LogP contribution in [0.2, 0.25) is 0 Å². The van der Waals surface area contributed by atoms with Gasteiger partial charge in [0.05, 0.1) is 42.5 Å². The van der Waals surface area contributed by atoms with Crippen LogP contribution in [-0.4, -0.2) is 89.8 Å². The number of amides is 2. The molecule has 11 heteroatoms. The zero-order chi connectivity index (χ0) is 29.4. The van der Waals surface area contributed by atoms with Crippen LogP contribution in [0.5, 0.6) is 11.5 Å². The maximum atomic E-state index is 13.8. The summed E-state index contributed by atoms with van der Waals surface area (Å²) in [4.78, 5) is 28.5. The first kappa shape index (κ1) is 31.2. The van der Waals surface area contributed by atoms with Gasteiger partial charge in [-0.15, -0.1) is 0 Å². The fourth-order valence-electron chi connectivity index (χ4n) is 5.20. The molecule has 2 aromatic rings. The number of aliphatic hydroxyl groups is 3. The van der Waals surface area contributed by atoms with Crippen molar-refractivity contribution in [2.75, 3.05) is 33.4 Å². The Bertz CT molecular complexity index is 1220. The van der Waals surface area contributed by atoms with Crippen molar-refractivity contribution < 1.29 is 39.1 Å². The molecule has 0 bridgehead atoms. The SMILES string of the molecule is COc1cc(CO)cc(I)c1O[C@H]1C=C(C(=O)NCCO)C[C@@H](N(C[C@@H]2CCCO2)C(=O)Cc2ccccc2)[C@@H]1O. The summed E-state index contributed by atoms with van der Waals surface area (Å²) < 4.78 is 18.3. The summed E-state index contributed by atoms with van der Waals surface area (Å²) in [5, 5.41) is 33.3. The van der Waals surface area contributed by atoms with E-state index in [-0.39, 0.29) is 51.2 Å². The zero-order valence-corrected chi connectivity index (χ0v) is 25.2. The van der Waals surface area contributed by atoms with Gasteiger partial charge in [-0.3, -0.25) is 9.59 Å². The van der Waals surface area contributed by atoms with Crippen molar-refractivity contribution in [3.8, 4) is 11.5 Å². The van der Waals surface area contributed by atoms with Gasteiger partial charge < -0.3 is 39.7 Å². The lowest BCUT2D eigenvalue weighted by Gasteiger charge is -2.41. The molecular weight excluding hydrogens is 643 g/mol. The molecule has 2 amide bonds. The van der Waals surface area contributed by atoms with Crippen LogP contribution in [0.15, 0.2) is 54.1 Å². The molecule has 0 unspecified atom stereocenters. The van der Waals surface area contributed by atoms with E-state index in [9.17, 15) is 24.9 Å². The number of aliphatic hydroxyl groups excluding tert-OH is 3. The minimum absolute atomic E-state index is 0.0653. The first-order valence-corrected chi connectivity index (χ1v) is 14.8. The Morgan fingerprint density at radius 2 is 1.95 bits per heavy atom. The first-order chi connectivity index (χ1) is 19.8. The van der Waals surface area contributed by atoms with E-state index in [1.54, 1.807) is 23.1 Å². The third-order valence-corrected chi connectivity index (χ3v) is 8.08. The van der Waals surface area contributed by atoms with Crippen molar-refractivity contribution in [3.63, 3.8) is 0 Å². The first-order valence-electron chi connectivity index (χ1n) is 13.7. The molecular formula is C30H37IN2O8. The molecule has 41 heavy (non-hydrogen) atoms. The summed E-state index contributed by atoms with van der Waals surface area (Å²) in [5.74, 6) is 0.120. The molecule has 222 valence electrons. The largest absolute Gasteiger partial charge is 0.493 e. The summed E-state index contributed by atoms with van der Waals surface area (Å²) in [7, 11) is 1.48. The number of carbonyl (C=O) groups excluding carboxylic acids is 2. The highest BCUT2D eigenvalue weighted by Crippen LogP contribution is 2.37. The molecule has 4 rings (SSSR count). The van der Waals surface area contributed by atoms with Gasteiger partial charge in [0.2, 0.25) is 11.8 Å². The van der Waals surface area contributed by atoms with Crippen LogP contribution in [0.25, 0.3) is 0 Å². The Hall–Kier alpha value is -2.71. The summed E-state index contributed by atoms with van der Waals surface area (Å²) in [6, 6.07) is 12.0. The number of rotatable bonds is 12. The molecule has 0 aromatic heterocycles. The van der Waals surface area contributed by atoms with E-state index in [4.69, 9.17) is 14.2 Å². The smallest absolute Gasteiger partial charge is 0.247 e. The van der Waals surface area contributed by atoms with Crippen molar-refractivity contribution in [3.05, 3.63) is 68.8 Å². The Morgan fingerprint density at radius 3 is 2.61 bits per heavy atom. The van der Waals surface area contributed by atoms with Crippen molar-refractivity contribution in [1.82, 2.24) is 10.2 Å². The van der Waals surface area contributed by atoms with Gasteiger partial charge in [0, 0.05) is 31.7 Å². The molecule has 0 spiro atoms. The van der Waals surface area contributed by atoms with E-state index in [2.05, 4.69) is 27.9 Å². The van der Waals surface area contributed by atoms with Crippen LogP contribution >= 0.6 is 22.6 Å². The van der Waals surface area contributed by atoms with Crippen LogP contribution in [0, 0.1) is 3.57 Å². The number of halogens is 1. The number of nitrogens with one attached hydrogen (secondary N) is 1. The summed E-state index contributed by atoms with van der Waals surface area (Å²) >= 11 is 2.07.